The second kappa shape index (κ2) is 8.54. The molecule has 1 fully saturated rings. The molecule has 0 spiro atoms. The van der Waals surface area contributed by atoms with Gasteiger partial charge in [0.15, 0.2) is 0 Å². The van der Waals surface area contributed by atoms with E-state index in [1.54, 1.807) is 19.5 Å². The molecule has 1 aromatic heterocycles. The van der Waals surface area contributed by atoms with Crippen molar-refractivity contribution in [3.05, 3.63) is 51.9 Å². The van der Waals surface area contributed by atoms with Gasteiger partial charge in [-0.3, -0.25) is 4.90 Å². The Morgan fingerprint density at radius 3 is 2.65 bits per heavy atom. The summed E-state index contributed by atoms with van der Waals surface area (Å²) in [7, 11) is -3.76. The number of thioether (sulfide) groups is 1. The maximum Gasteiger partial charge on any atom is 0.242 e. The van der Waals surface area contributed by atoms with Crippen molar-refractivity contribution >= 4 is 45.0 Å². The summed E-state index contributed by atoms with van der Waals surface area (Å²) in [5.41, 5.74) is 1.62. The average molecular weight is 435 g/mol. The monoisotopic (exact) mass is 434 g/mol. The van der Waals surface area contributed by atoms with Crippen LogP contribution in [-0.2, 0) is 10.0 Å². The van der Waals surface area contributed by atoms with Gasteiger partial charge in [0, 0.05) is 41.7 Å². The topological polar surface area (TPSA) is 62.6 Å². The van der Waals surface area contributed by atoms with Gasteiger partial charge in [-0.05, 0) is 30.7 Å². The molecule has 1 aliphatic heterocycles. The largest absolute Gasteiger partial charge is 0.472 e. The summed E-state index contributed by atoms with van der Waals surface area (Å²) >= 11 is 14.0. The molecule has 26 heavy (non-hydrogen) atoms. The number of sulfonamides is 1. The van der Waals surface area contributed by atoms with Gasteiger partial charge in [0.25, 0.3) is 0 Å². The van der Waals surface area contributed by atoms with Gasteiger partial charge in [0.05, 0.1) is 23.6 Å². The Kier molecular flexibility index (Phi) is 6.59. The van der Waals surface area contributed by atoms with E-state index in [2.05, 4.69) is 9.62 Å². The lowest BCUT2D eigenvalue weighted by atomic mass is 10.1. The molecule has 1 atom stereocenters. The molecule has 0 saturated carbocycles. The van der Waals surface area contributed by atoms with Crippen LogP contribution < -0.4 is 4.72 Å². The smallest absolute Gasteiger partial charge is 0.242 e. The van der Waals surface area contributed by atoms with Gasteiger partial charge in [0.1, 0.15) is 4.90 Å². The summed E-state index contributed by atoms with van der Waals surface area (Å²) < 4.78 is 33.5. The van der Waals surface area contributed by atoms with E-state index >= 15 is 0 Å². The van der Waals surface area contributed by atoms with Crippen molar-refractivity contribution in [2.24, 2.45) is 0 Å². The Labute approximate surface area is 168 Å². The highest BCUT2D eigenvalue weighted by Crippen LogP contribution is 2.29. The second-order valence-corrected chi connectivity index (χ2v) is 9.88. The highest BCUT2D eigenvalue weighted by atomic mass is 35.5. The van der Waals surface area contributed by atoms with Crippen LogP contribution in [0, 0.1) is 6.92 Å². The fourth-order valence-electron chi connectivity index (χ4n) is 2.91. The highest BCUT2D eigenvalue weighted by Gasteiger charge is 2.26. The third-order valence-electron chi connectivity index (χ3n) is 4.38. The normalized spacial score (nSPS) is 17.3. The molecule has 3 rings (SSSR count). The van der Waals surface area contributed by atoms with Crippen molar-refractivity contribution in [1.29, 1.82) is 0 Å². The third-order valence-corrected chi connectivity index (χ3v) is 7.62. The van der Waals surface area contributed by atoms with Crippen molar-refractivity contribution in [3.8, 4) is 0 Å². The second-order valence-electron chi connectivity index (χ2n) is 6.10. The van der Waals surface area contributed by atoms with Gasteiger partial charge in [-0.25, -0.2) is 13.1 Å². The number of furan rings is 1. The molecule has 1 N–H and O–H groups in total. The van der Waals surface area contributed by atoms with Crippen molar-refractivity contribution in [2.45, 2.75) is 17.9 Å². The van der Waals surface area contributed by atoms with E-state index in [4.69, 9.17) is 27.6 Å². The van der Waals surface area contributed by atoms with E-state index in [9.17, 15) is 8.42 Å². The van der Waals surface area contributed by atoms with Crippen molar-refractivity contribution in [3.63, 3.8) is 0 Å². The molecule has 0 bridgehead atoms. The molecule has 0 amide bonds. The van der Waals surface area contributed by atoms with Crippen LogP contribution in [0.1, 0.15) is 17.2 Å². The third kappa shape index (κ3) is 4.58. The van der Waals surface area contributed by atoms with E-state index in [0.717, 1.165) is 30.2 Å². The van der Waals surface area contributed by atoms with Crippen LogP contribution in [-0.4, -0.2) is 44.5 Å². The number of hydrogen-bond donors (Lipinski definition) is 1. The molecule has 142 valence electrons. The summed E-state index contributed by atoms with van der Waals surface area (Å²) in [6.45, 7) is 3.80. The predicted octanol–water partition coefficient (Wildman–Crippen LogP) is 3.96. The van der Waals surface area contributed by atoms with Crippen LogP contribution in [0.25, 0.3) is 0 Å². The van der Waals surface area contributed by atoms with Gasteiger partial charge >= 0.3 is 0 Å². The summed E-state index contributed by atoms with van der Waals surface area (Å²) in [6, 6.07) is 4.75. The molecule has 9 heteroatoms. The Morgan fingerprint density at radius 1 is 1.27 bits per heavy atom. The minimum atomic E-state index is -3.76. The zero-order valence-electron chi connectivity index (χ0n) is 14.2. The van der Waals surface area contributed by atoms with Crippen LogP contribution in [0.4, 0.5) is 0 Å². The SMILES string of the molecule is Cc1cc(S(=O)(=O)NC[C@H](c2ccoc2)N2CCSCC2)c(Cl)cc1Cl. The number of hydrogen-bond acceptors (Lipinski definition) is 5. The van der Waals surface area contributed by atoms with Gasteiger partial charge in [-0.15, -0.1) is 0 Å². The number of aryl methyl sites for hydroxylation is 1. The average Bonchev–Trinajstić information content (AvgIpc) is 3.13. The zero-order chi connectivity index (χ0) is 18.7. The fraction of sp³-hybridized carbons (Fsp3) is 0.412. The summed E-state index contributed by atoms with van der Waals surface area (Å²) in [5, 5.41) is 0.554. The molecule has 0 unspecified atom stereocenters. The Balaban J connectivity index is 1.81. The van der Waals surface area contributed by atoms with E-state index in [1.165, 1.54) is 12.1 Å². The first-order valence-corrected chi connectivity index (χ1v) is 11.6. The number of nitrogens with zero attached hydrogens (tertiary/aromatic N) is 1. The summed E-state index contributed by atoms with van der Waals surface area (Å²) in [6.07, 6.45) is 3.27. The van der Waals surface area contributed by atoms with Crippen molar-refractivity contribution in [2.75, 3.05) is 31.1 Å². The number of rotatable bonds is 6. The van der Waals surface area contributed by atoms with E-state index < -0.39 is 10.0 Å². The molecule has 1 aromatic carbocycles. The molecule has 2 aromatic rings. The first-order chi connectivity index (χ1) is 12.4. The quantitative estimate of drug-likeness (QED) is 0.744. The lowest BCUT2D eigenvalue weighted by molar-refractivity contribution is 0.218. The fourth-order valence-corrected chi connectivity index (χ4v) is 5.71. The van der Waals surface area contributed by atoms with Crippen LogP contribution in [0.2, 0.25) is 10.0 Å². The number of halogens is 2. The van der Waals surface area contributed by atoms with Gasteiger partial charge in [0.2, 0.25) is 10.0 Å². The van der Waals surface area contributed by atoms with E-state index in [-0.39, 0.29) is 22.5 Å². The molecule has 1 saturated heterocycles. The highest BCUT2D eigenvalue weighted by molar-refractivity contribution is 7.99. The summed E-state index contributed by atoms with van der Waals surface area (Å²) in [4.78, 5) is 2.32. The standard InChI is InChI=1S/C17H20Cl2N2O3S2/c1-12-8-17(15(19)9-14(12)18)26(22,23)20-10-16(13-2-5-24-11-13)21-3-6-25-7-4-21/h2,5,8-9,11,16,20H,3-4,6-7,10H2,1H3/t16-/m1/s1. The Bertz CT molecular complexity index is 851. The minimum Gasteiger partial charge on any atom is -0.472 e. The minimum absolute atomic E-state index is 0.0428. The van der Waals surface area contributed by atoms with Gasteiger partial charge in [-0.1, -0.05) is 23.2 Å². The Morgan fingerprint density at radius 2 is 2.00 bits per heavy atom. The zero-order valence-corrected chi connectivity index (χ0v) is 17.4. The van der Waals surface area contributed by atoms with Crippen LogP contribution in [0.5, 0.6) is 0 Å². The Hall–Kier alpha value is -0.700. The van der Waals surface area contributed by atoms with Gasteiger partial charge < -0.3 is 4.42 Å². The first kappa shape index (κ1) is 20.0. The van der Waals surface area contributed by atoms with Crippen LogP contribution >= 0.6 is 35.0 Å². The molecular formula is C17H20Cl2N2O3S2. The number of benzene rings is 1. The molecule has 1 aliphatic rings. The van der Waals surface area contributed by atoms with E-state index in [1.807, 2.05) is 17.8 Å². The van der Waals surface area contributed by atoms with Crippen LogP contribution in [0.15, 0.2) is 40.0 Å². The maximum absolute atomic E-state index is 12.8. The summed E-state index contributed by atoms with van der Waals surface area (Å²) in [5.74, 6) is 2.06. The molecular weight excluding hydrogens is 415 g/mol. The van der Waals surface area contributed by atoms with Gasteiger partial charge in [-0.2, -0.15) is 11.8 Å². The maximum atomic E-state index is 12.8. The van der Waals surface area contributed by atoms with Crippen molar-refractivity contribution < 1.29 is 12.8 Å². The molecule has 0 radical (unpaired) electrons. The van der Waals surface area contributed by atoms with Crippen LogP contribution in [0.3, 0.4) is 0 Å². The molecule has 5 nitrogen and oxygen atoms in total. The first-order valence-electron chi connectivity index (χ1n) is 8.17. The molecule has 2 heterocycles. The molecule has 0 aliphatic carbocycles. The van der Waals surface area contributed by atoms with E-state index in [0.29, 0.717) is 10.6 Å². The lowest BCUT2D eigenvalue weighted by Gasteiger charge is -2.33. The number of nitrogens with one attached hydrogen (secondary N) is 1. The van der Waals surface area contributed by atoms with Crippen molar-refractivity contribution in [1.82, 2.24) is 9.62 Å². The predicted molar refractivity (Wildman–Crippen MR) is 107 cm³/mol. The lowest BCUT2D eigenvalue weighted by Crippen LogP contribution is -2.41.